The lowest BCUT2D eigenvalue weighted by Gasteiger charge is -2.17. The van der Waals surface area contributed by atoms with Crippen LogP contribution in [-0.2, 0) is 6.54 Å². The van der Waals surface area contributed by atoms with Crippen molar-refractivity contribution in [3.05, 3.63) is 27.6 Å². The van der Waals surface area contributed by atoms with Crippen molar-refractivity contribution >= 4 is 21.6 Å². The number of nitrogens with one attached hydrogen (secondary N) is 2. The Morgan fingerprint density at radius 2 is 2.42 bits per heavy atom. The first-order chi connectivity index (χ1) is 9.03. The van der Waals surface area contributed by atoms with Crippen molar-refractivity contribution in [1.29, 1.82) is 0 Å². The Morgan fingerprint density at radius 1 is 1.58 bits per heavy atom. The summed E-state index contributed by atoms with van der Waals surface area (Å²) in [4.78, 5) is 19.2. The normalized spacial score (nSPS) is 22.1. The van der Waals surface area contributed by atoms with Gasteiger partial charge in [0.15, 0.2) is 0 Å². The van der Waals surface area contributed by atoms with Gasteiger partial charge in [0.05, 0.1) is 12.1 Å². The van der Waals surface area contributed by atoms with E-state index in [0.29, 0.717) is 22.7 Å². The molecule has 102 valence electrons. The third-order valence-corrected chi connectivity index (χ3v) is 4.79. The van der Waals surface area contributed by atoms with Gasteiger partial charge >= 0.3 is 0 Å². The molecule has 0 amide bonds. The summed E-state index contributed by atoms with van der Waals surface area (Å²) < 4.78 is 0.714. The van der Waals surface area contributed by atoms with Crippen LogP contribution in [0.3, 0.4) is 0 Å². The molecule has 2 aromatic heterocycles. The average molecular weight is 277 g/mol. The second-order valence-corrected chi connectivity index (χ2v) is 7.05. The molecule has 0 spiro atoms. The van der Waals surface area contributed by atoms with Crippen molar-refractivity contribution in [2.75, 3.05) is 0 Å². The van der Waals surface area contributed by atoms with E-state index in [1.165, 1.54) is 30.6 Å². The summed E-state index contributed by atoms with van der Waals surface area (Å²) in [7, 11) is 0. The number of aromatic nitrogens is 2. The minimum Gasteiger partial charge on any atom is -0.308 e. The van der Waals surface area contributed by atoms with Crippen molar-refractivity contribution in [2.45, 2.75) is 45.7 Å². The van der Waals surface area contributed by atoms with E-state index in [9.17, 15) is 4.79 Å². The lowest BCUT2D eigenvalue weighted by Crippen LogP contribution is -2.28. The summed E-state index contributed by atoms with van der Waals surface area (Å²) in [6.45, 7) is 5.26. The van der Waals surface area contributed by atoms with Crippen molar-refractivity contribution in [3.8, 4) is 0 Å². The Balaban J connectivity index is 1.70. The number of thiophene rings is 1. The third-order valence-electron chi connectivity index (χ3n) is 3.89. The molecule has 19 heavy (non-hydrogen) atoms. The fourth-order valence-electron chi connectivity index (χ4n) is 2.86. The number of hydrogen-bond acceptors (Lipinski definition) is 4. The molecule has 2 N–H and O–H groups in total. The van der Waals surface area contributed by atoms with Crippen molar-refractivity contribution in [3.63, 3.8) is 0 Å². The predicted molar refractivity (Wildman–Crippen MR) is 78.5 cm³/mol. The Kier molecular flexibility index (Phi) is 3.19. The largest absolute Gasteiger partial charge is 0.308 e. The summed E-state index contributed by atoms with van der Waals surface area (Å²) in [5.74, 6) is 0.737. The minimum absolute atomic E-state index is 0.0245. The monoisotopic (exact) mass is 277 g/mol. The maximum atomic E-state index is 11.8. The van der Waals surface area contributed by atoms with Crippen LogP contribution in [0.25, 0.3) is 10.2 Å². The summed E-state index contributed by atoms with van der Waals surface area (Å²) in [5, 5.41) is 5.41. The number of fused-ring (bicyclic) bond motifs is 1. The van der Waals surface area contributed by atoms with Crippen LogP contribution in [0.2, 0.25) is 0 Å². The zero-order valence-corrected chi connectivity index (χ0v) is 12.1. The van der Waals surface area contributed by atoms with E-state index in [2.05, 4.69) is 29.1 Å². The van der Waals surface area contributed by atoms with Gasteiger partial charge in [-0.3, -0.25) is 4.79 Å². The van der Waals surface area contributed by atoms with Crippen molar-refractivity contribution in [1.82, 2.24) is 15.3 Å². The second kappa shape index (κ2) is 4.72. The standard InChI is InChI=1S/C14H19N3OS/c1-14(2)5-3-9(7-14)15-8-11-16-10-4-6-19-12(10)13(18)17-11/h4,6,9,15H,3,5,7-8H2,1-2H3,(H,16,17,18). The van der Waals surface area contributed by atoms with Crippen molar-refractivity contribution < 1.29 is 0 Å². The molecule has 1 unspecified atom stereocenters. The fraction of sp³-hybridized carbons (Fsp3) is 0.571. The lowest BCUT2D eigenvalue weighted by atomic mass is 9.92. The molecular weight excluding hydrogens is 258 g/mol. The molecule has 1 fully saturated rings. The Labute approximate surface area is 116 Å². The molecule has 2 aromatic rings. The second-order valence-electron chi connectivity index (χ2n) is 6.13. The van der Waals surface area contributed by atoms with Crippen molar-refractivity contribution in [2.24, 2.45) is 5.41 Å². The molecule has 5 heteroatoms. The summed E-state index contributed by atoms with van der Waals surface area (Å²) in [5.41, 5.74) is 1.22. The number of hydrogen-bond donors (Lipinski definition) is 2. The van der Waals surface area contributed by atoms with Gasteiger partial charge in [0.1, 0.15) is 10.5 Å². The van der Waals surface area contributed by atoms with Gasteiger partial charge in [-0.25, -0.2) is 4.98 Å². The van der Waals surface area contributed by atoms with E-state index >= 15 is 0 Å². The van der Waals surface area contributed by atoms with E-state index in [1.807, 2.05) is 11.4 Å². The number of aromatic amines is 1. The molecule has 0 aliphatic heterocycles. The average Bonchev–Trinajstić information content (AvgIpc) is 2.93. The highest BCUT2D eigenvalue weighted by atomic mass is 32.1. The number of nitrogens with zero attached hydrogens (tertiary/aromatic N) is 1. The van der Waals surface area contributed by atoms with E-state index in [1.54, 1.807) is 0 Å². The van der Waals surface area contributed by atoms with E-state index in [-0.39, 0.29) is 5.56 Å². The highest BCUT2D eigenvalue weighted by molar-refractivity contribution is 7.17. The zero-order chi connectivity index (χ0) is 13.5. The summed E-state index contributed by atoms with van der Waals surface area (Å²) >= 11 is 1.44. The molecular formula is C14H19N3OS. The van der Waals surface area contributed by atoms with Gasteiger partial charge in [-0.1, -0.05) is 13.8 Å². The summed E-state index contributed by atoms with van der Waals surface area (Å²) in [6, 6.07) is 2.44. The molecule has 0 saturated heterocycles. The first kappa shape index (κ1) is 12.8. The van der Waals surface area contributed by atoms with Gasteiger partial charge in [-0.2, -0.15) is 0 Å². The molecule has 1 aliphatic carbocycles. The molecule has 1 saturated carbocycles. The maximum absolute atomic E-state index is 11.8. The Bertz CT molecular complexity index is 643. The SMILES string of the molecule is CC1(C)CCC(NCc2nc3ccsc3c(=O)[nH]2)C1. The van der Waals surface area contributed by atoms with Crippen LogP contribution in [0.5, 0.6) is 0 Å². The first-order valence-corrected chi connectivity index (χ1v) is 7.61. The van der Waals surface area contributed by atoms with Crippen LogP contribution < -0.4 is 10.9 Å². The van der Waals surface area contributed by atoms with Crippen LogP contribution in [0, 0.1) is 5.41 Å². The minimum atomic E-state index is -0.0245. The van der Waals surface area contributed by atoms with Gasteiger partial charge < -0.3 is 10.3 Å². The molecule has 3 rings (SSSR count). The van der Waals surface area contributed by atoms with Gasteiger partial charge in [-0.15, -0.1) is 11.3 Å². The highest BCUT2D eigenvalue weighted by Gasteiger charge is 2.30. The van der Waals surface area contributed by atoms with Gasteiger partial charge in [0, 0.05) is 6.04 Å². The molecule has 4 nitrogen and oxygen atoms in total. The molecule has 2 heterocycles. The van der Waals surface area contributed by atoms with E-state index < -0.39 is 0 Å². The third kappa shape index (κ3) is 2.72. The molecule has 0 radical (unpaired) electrons. The number of H-pyrrole nitrogens is 1. The topological polar surface area (TPSA) is 57.8 Å². The summed E-state index contributed by atoms with van der Waals surface area (Å²) in [6.07, 6.45) is 3.66. The predicted octanol–water partition coefficient (Wildman–Crippen LogP) is 2.65. The molecule has 0 aromatic carbocycles. The van der Waals surface area contributed by atoms with Crippen LogP contribution in [-0.4, -0.2) is 16.0 Å². The highest BCUT2D eigenvalue weighted by Crippen LogP contribution is 2.36. The fourth-order valence-corrected chi connectivity index (χ4v) is 3.58. The van der Waals surface area contributed by atoms with Crippen LogP contribution in [0.4, 0.5) is 0 Å². The van der Waals surface area contributed by atoms with E-state index in [4.69, 9.17) is 0 Å². The maximum Gasteiger partial charge on any atom is 0.268 e. The Morgan fingerprint density at radius 3 is 3.16 bits per heavy atom. The smallest absolute Gasteiger partial charge is 0.268 e. The Hall–Kier alpha value is -1.20. The van der Waals surface area contributed by atoms with Gasteiger partial charge in [0.2, 0.25) is 0 Å². The quantitative estimate of drug-likeness (QED) is 0.907. The first-order valence-electron chi connectivity index (χ1n) is 6.73. The molecule has 0 bridgehead atoms. The molecule has 1 atom stereocenters. The van der Waals surface area contributed by atoms with Crippen LogP contribution in [0.1, 0.15) is 38.9 Å². The zero-order valence-electron chi connectivity index (χ0n) is 11.3. The lowest BCUT2D eigenvalue weighted by molar-refractivity contribution is 0.363. The van der Waals surface area contributed by atoms with Gasteiger partial charge in [-0.05, 0) is 36.1 Å². The van der Waals surface area contributed by atoms with Gasteiger partial charge in [0.25, 0.3) is 5.56 Å². The van der Waals surface area contributed by atoms with Crippen LogP contribution >= 0.6 is 11.3 Å². The van der Waals surface area contributed by atoms with Crippen LogP contribution in [0.15, 0.2) is 16.2 Å². The number of rotatable bonds is 3. The molecule has 1 aliphatic rings. The van der Waals surface area contributed by atoms with E-state index in [0.717, 1.165) is 11.3 Å².